The normalized spacial score (nSPS) is 15.7. The Kier molecular flexibility index (Phi) is 6.00. The standard InChI is InChI=1S/C18H24N6O2S/c1-14-13-15(2)20-18(19-14)22-27(25,26)17-9-7-16(8-10-17)21-23-24-11-5-3-4-6-12-24/h7-10,13H,3-6,11-12H2,1-2H3,(H,19,20,22). The fraction of sp³-hybridized carbons (Fsp3) is 0.444. The van der Waals surface area contributed by atoms with Gasteiger partial charge in [-0.05, 0) is 57.0 Å². The van der Waals surface area contributed by atoms with Gasteiger partial charge >= 0.3 is 0 Å². The fourth-order valence-corrected chi connectivity index (χ4v) is 3.84. The predicted molar refractivity (Wildman–Crippen MR) is 103 cm³/mol. The second-order valence-corrected chi connectivity index (χ2v) is 8.31. The van der Waals surface area contributed by atoms with Gasteiger partial charge in [0.2, 0.25) is 5.95 Å². The number of aryl methyl sites for hydroxylation is 2. The molecule has 2 aromatic rings. The fourth-order valence-electron chi connectivity index (χ4n) is 2.90. The van der Waals surface area contributed by atoms with Crippen LogP contribution in [0.1, 0.15) is 37.1 Å². The lowest BCUT2D eigenvalue weighted by molar-refractivity contribution is 0.281. The van der Waals surface area contributed by atoms with Gasteiger partial charge in [0.15, 0.2) is 0 Å². The molecule has 27 heavy (non-hydrogen) atoms. The molecular formula is C18H24N6O2S. The van der Waals surface area contributed by atoms with Crippen molar-refractivity contribution in [3.05, 3.63) is 41.7 Å². The predicted octanol–water partition coefficient (Wildman–Crippen LogP) is 3.77. The van der Waals surface area contributed by atoms with E-state index in [1.807, 2.05) is 5.01 Å². The average Bonchev–Trinajstić information content (AvgIpc) is 2.88. The summed E-state index contributed by atoms with van der Waals surface area (Å²) in [7, 11) is -3.76. The van der Waals surface area contributed by atoms with E-state index in [4.69, 9.17) is 0 Å². The topological polar surface area (TPSA) is 99.9 Å². The number of benzene rings is 1. The van der Waals surface area contributed by atoms with E-state index in [1.54, 1.807) is 32.0 Å². The van der Waals surface area contributed by atoms with E-state index in [1.165, 1.54) is 25.0 Å². The summed E-state index contributed by atoms with van der Waals surface area (Å²) in [5.41, 5.74) is 2.01. The summed E-state index contributed by atoms with van der Waals surface area (Å²) in [5, 5.41) is 10.4. The molecule has 0 saturated carbocycles. The largest absolute Gasteiger partial charge is 0.278 e. The Morgan fingerprint density at radius 3 is 2.15 bits per heavy atom. The van der Waals surface area contributed by atoms with Crippen molar-refractivity contribution in [1.82, 2.24) is 15.0 Å². The molecule has 1 aromatic carbocycles. The highest BCUT2D eigenvalue weighted by molar-refractivity contribution is 7.92. The molecule has 0 spiro atoms. The maximum Gasteiger partial charge on any atom is 0.264 e. The minimum Gasteiger partial charge on any atom is -0.278 e. The van der Waals surface area contributed by atoms with Gasteiger partial charge in [-0.1, -0.05) is 18.1 Å². The summed E-state index contributed by atoms with van der Waals surface area (Å²) >= 11 is 0. The van der Waals surface area contributed by atoms with Gasteiger partial charge < -0.3 is 0 Å². The van der Waals surface area contributed by atoms with E-state index in [-0.39, 0.29) is 10.8 Å². The number of aromatic nitrogens is 2. The molecule has 1 aliphatic rings. The highest BCUT2D eigenvalue weighted by Gasteiger charge is 2.16. The number of sulfonamides is 1. The molecular weight excluding hydrogens is 364 g/mol. The third-order valence-electron chi connectivity index (χ3n) is 4.22. The van der Waals surface area contributed by atoms with Gasteiger partial charge in [0.1, 0.15) is 0 Å². The van der Waals surface area contributed by atoms with E-state index in [0.717, 1.165) is 25.9 Å². The van der Waals surface area contributed by atoms with E-state index in [2.05, 4.69) is 25.0 Å². The molecule has 1 aliphatic heterocycles. The van der Waals surface area contributed by atoms with Crippen molar-refractivity contribution in [2.75, 3.05) is 17.8 Å². The van der Waals surface area contributed by atoms with E-state index in [9.17, 15) is 8.42 Å². The Balaban J connectivity index is 1.69. The highest BCUT2D eigenvalue weighted by atomic mass is 32.2. The van der Waals surface area contributed by atoms with Gasteiger partial charge in [-0.25, -0.2) is 23.1 Å². The summed E-state index contributed by atoms with van der Waals surface area (Å²) < 4.78 is 27.5. The van der Waals surface area contributed by atoms with Crippen LogP contribution in [0.15, 0.2) is 45.6 Å². The summed E-state index contributed by atoms with van der Waals surface area (Å²) in [4.78, 5) is 8.35. The van der Waals surface area contributed by atoms with Crippen LogP contribution in [0, 0.1) is 13.8 Å². The first-order chi connectivity index (χ1) is 12.9. The molecule has 0 radical (unpaired) electrons. The average molecular weight is 388 g/mol. The quantitative estimate of drug-likeness (QED) is 0.786. The van der Waals surface area contributed by atoms with Crippen molar-refractivity contribution < 1.29 is 8.42 Å². The Morgan fingerprint density at radius 1 is 0.963 bits per heavy atom. The zero-order valence-corrected chi connectivity index (χ0v) is 16.4. The van der Waals surface area contributed by atoms with E-state index in [0.29, 0.717) is 17.1 Å². The molecule has 9 heteroatoms. The Morgan fingerprint density at radius 2 is 1.56 bits per heavy atom. The maximum absolute atomic E-state index is 12.5. The monoisotopic (exact) mass is 388 g/mol. The lowest BCUT2D eigenvalue weighted by Crippen LogP contribution is -2.17. The van der Waals surface area contributed by atoms with Crippen LogP contribution in [-0.4, -0.2) is 36.5 Å². The number of nitrogens with one attached hydrogen (secondary N) is 1. The summed E-state index contributed by atoms with van der Waals surface area (Å²) in [6.07, 6.45) is 4.72. The number of anilines is 1. The van der Waals surface area contributed by atoms with Crippen LogP contribution in [0.3, 0.4) is 0 Å². The molecule has 2 heterocycles. The Hall–Kier alpha value is -2.55. The molecule has 1 aromatic heterocycles. The molecule has 1 N–H and O–H groups in total. The highest BCUT2D eigenvalue weighted by Crippen LogP contribution is 2.20. The lowest BCUT2D eigenvalue weighted by Gasteiger charge is -2.13. The summed E-state index contributed by atoms with van der Waals surface area (Å²) in [6, 6.07) is 8.06. The van der Waals surface area contributed by atoms with Crippen LogP contribution in [0.2, 0.25) is 0 Å². The molecule has 1 saturated heterocycles. The summed E-state index contributed by atoms with van der Waals surface area (Å²) in [5.74, 6) is 0.0671. The third kappa shape index (κ3) is 5.46. The number of hydrogen-bond acceptors (Lipinski definition) is 6. The molecule has 0 atom stereocenters. The minimum absolute atomic E-state index is 0.0671. The van der Waals surface area contributed by atoms with Gasteiger partial charge in [-0.15, -0.1) is 5.11 Å². The van der Waals surface area contributed by atoms with Crippen LogP contribution in [0.4, 0.5) is 11.6 Å². The molecule has 0 aliphatic carbocycles. The first-order valence-electron chi connectivity index (χ1n) is 9.04. The maximum atomic E-state index is 12.5. The van der Waals surface area contributed by atoms with Crippen LogP contribution in [0.25, 0.3) is 0 Å². The second-order valence-electron chi connectivity index (χ2n) is 6.63. The van der Waals surface area contributed by atoms with Crippen molar-refractivity contribution in [3.8, 4) is 0 Å². The van der Waals surface area contributed by atoms with Gasteiger partial charge in [0.05, 0.1) is 10.6 Å². The molecule has 0 unspecified atom stereocenters. The van der Waals surface area contributed by atoms with Gasteiger partial charge in [0.25, 0.3) is 10.0 Å². The first-order valence-corrected chi connectivity index (χ1v) is 10.5. The molecule has 0 amide bonds. The molecule has 1 fully saturated rings. The van der Waals surface area contributed by atoms with Crippen molar-refractivity contribution in [1.29, 1.82) is 0 Å². The van der Waals surface area contributed by atoms with Crippen molar-refractivity contribution in [3.63, 3.8) is 0 Å². The second kappa shape index (κ2) is 8.43. The van der Waals surface area contributed by atoms with Crippen LogP contribution >= 0.6 is 0 Å². The number of rotatable bonds is 5. The van der Waals surface area contributed by atoms with Crippen LogP contribution in [0.5, 0.6) is 0 Å². The first kappa shape index (κ1) is 19.2. The van der Waals surface area contributed by atoms with Crippen molar-refractivity contribution >= 4 is 21.7 Å². The minimum atomic E-state index is -3.76. The third-order valence-corrected chi connectivity index (χ3v) is 5.57. The zero-order valence-electron chi connectivity index (χ0n) is 15.6. The molecule has 8 nitrogen and oxygen atoms in total. The van der Waals surface area contributed by atoms with Crippen molar-refractivity contribution in [2.24, 2.45) is 10.3 Å². The van der Waals surface area contributed by atoms with E-state index >= 15 is 0 Å². The molecule has 0 bridgehead atoms. The van der Waals surface area contributed by atoms with Crippen LogP contribution in [-0.2, 0) is 10.0 Å². The number of nitrogens with zero attached hydrogens (tertiary/aromatic N) is 5. The van der Waals surface area contributed by atoms with Gasteiger partial charge in [0, 0.05) is 24.5 Å². The molecule has 3 rings (SSSR count). The Labute approximate surface area is 159 Å². The SMILES string of the molecule is Cc1cc(C)nc(NS(=O)(=O)c2ccc(N=NN3CCCCCC3)cc2)n1. The smallest absolute Gasteiger partial charge is 0.264 e. The molecule has 144 valence electrons. The van der Waals surface area contributed by atoms with Crippen molar-refractivity contribution in [2.45, 2.75) is 44.4 Å². The Bertz CT molecular complexity index is 884. The zero-order chi connectivity index (χ0) is 19.3. The van der Waals surface area contributed by atoms with Gasteiger partial charge in [-0.2, -0.15) is 0 Å². The van der Waals surface area contributed by atoms with E-state index < -0.39 is 10.0 Å². The summed E-state index contributed by atoms with van der Waals surface area (Å²) in [6.45, 7) is 5.40. The number of hydrogen-bond donors (Lipinski definition) is 1. The van der Waals surface area contributed by atoms with Gasteiger partial charge in [-0.3, -0.25) is 5.01 Å². The lowest BCUT2D eigenvalue weighted by atomic mass is 10.2. The van der Waals surface area contributed by atoms with Crippen LogP contribution < -0.4 is 4.72 Å².